The van der Waals surface area contributed by atoms with Gasteiger partial charge in [0.2, 0.25) is 0 Å². The van der Waals surface area contributed by atoms with Crippen molar-refractivity contribution in [3.63, 3.8) is 0 Å². The predicted octanol–water partition coefficient (Wildman–Crippen LogP) is 2.07. The lowest BCUT2D eigenvalue weighted by molar-refractivity contribution is -0.146. The van der Waals surface area contributed by atoms with Crippen LogP contribution in [0, 0.1) is 5.92 Å². The fourth-order valence-electron chi connectivity index (χ4n) is 4.41. The highest BCUT2D eigenvalue weighted by atomic mass is 16.5. The molecule has 3 N–H and O–H groups in total. The second-order valence-corrected chi connectivity index (χ2v) is 8.65. The molecule has 2 aromatic rings. The number of esters is 1. The molecule has 0 amide bonds. The number of ketones is 1. The Hall–Kier alpha value is -3.07. The molecule has 0 radical (unpaired) electrons. The summed E-state index contributed by atoms with van der Waals surface area (Å²) < 4.78 is 10.3. The zero-order valence-corrected chi connectivity index (χ0v) is 19.2. The number of hydrogen-bond donors (Lipinski definition) is 2. The third-order valence-electron chi connectivity index (χ3n) is 6.37. The molecule has 0 aromatic heterocycles. The highest BCUT2D eigenvalue weighted by Gasteiger charge is 2.29. The van der Waals surface area contributed by atoms with E-state index in [0.29, 0.717) is 24.3 Å². The molecule has 0 saturated carbocycles. The van der Waals surface area contributed by atoms with Crippen molar-refractivity contribution >= 4 is 18.0 Å². The van der Waals surface area contributed by atoms with Crippen molar-refractivity contribution in [1.82, 2.24) is 5.01 Å². The van der Waals surface area contributed by atoms with Crippen LogP contribution in [0.4, 0.5) is 0 Å². The van der Waals surface area contributed by atoms with Crippen molar-refractivity contribution in [2.24, 2.45) is 16.8 Å². The summed E-state index contributed by atoms with van der Waals surface area (Å²) in [4.78, 5) is 25.1. The Morgan fingerprint density at radius 1 is 1.15 bits per heavy atom. The number of hydrogen-bond acceptors (Lipinski definition) is 8. The van der Waals surface area contributed by atoms with Gasteiger partial charge in [-0.05, 0) is 41.5 Å². The van der Waals surface area contributed by atoms with E-state index in [1.165, 1.54) is 0 Å². The Morgan fingerprint density at radius 3 is 2.62 bits per heavy atom. The molecule has 1 fully saturated rings. The van der Waals surface area contributed by atoms with Gasteiger partial charge in [0.25, 0.3) is 0 Å². The van der Waals surface area contributed by atoms with Gasteiger partial charge in [0.05, 0.1) is 45.5 Å². The van der Waals surface area contributed by atoms with Crippen LogP contribution in [0.3, 0.4) is 0 Å². The van der Waals surface area contributed by atoms with Gasteiger partial charge >= 0.3 is 5.97 Å². The molecule has 2 unspecified atom stereocenters. The molecule has 4 rings (SSSR count). The zero-order valence-electron chi connectivity index (χ0n) is 19.2. The number of nitrogens with zero attached hydrogens (tertiary/aromatic N) is 2. The summed E-state index contributed by atoms with van der Waals surface area (Å²) in [5.41, 5.74) is 10.6. The SMILES string of the molecule is NC1c2cc(C(=O)c3ccc(C=NN4CCOCC4)cc3)ccc2CCC1CC(=O)OCCO. The Kier molecular flexibility index (Phi) is 8.05. The molecule has 2 atom stereocenters. The minimum absolute atomic E-state index is 0.00606. The van der Waals surface area contributed by atoms with E-state index in [-0.39, 0.29) is 43.3 Å². The van der Waals surface area contributed by atoms with Gasteiger partial charge < -0.3 is 20.3 Å². The highest BCUT2D eigenvalue weighted by molar-refractivity contribution is 6.09. The summed E-state index contributed by atoms with van der Waals surface area (Å²) in [6.45, 7) is 2.72. The average molecular weight is 466 g/mol. The largest absolute Gasteiger partial charge is 0.463 e. The van der Waals surface area contributed by atoms with E-state index < -0.39 is 0 Å². The first-order valence-corrected chi connectivity index (χ1v) is 11.7. The summed E-state index contributed by atoms with van der Waals surface area (Å²) in [5, 5.41) is 15.3. The van der Waals surface area contributed by atoms with Gasteiger partial charge in [-0.15, -0.1) is 0 Å². The van der Waals surface area contributed by atoms with Crippen LogP contribution < -0.4 is 5.73 Å². The lowest BCUT2D eigenvalue weighted by atomic mass is 9.77. The van der Waals surface area contributed by atoms with Gasteiger partial charge in [-0.1, -0.05) is 36.4 Å². The topological polar surface area (TPSA) is 114 Å². The minimum atomic E-state index is -0.359. The van der Waals surface area contributed by atoms with Crippen LogP contribution in [0.2, 0.25) is 0 Å². The van der Waals surface area contributed by atoms with Crippen LogP contribution in [0.1, 0.15) is 51.5 Å². The number of carbonyl (C=O) groups is 2. The van der Waals surface area contributed by atoms with E-state index >= 15 is 0 Å². The monoisotopic (exact) mass is 465 g/mol. The Morgan fingerprint density at radius 2 is 1.88 bits per heavy atom. The molecule has 0 bridgehead atoms. The molecule has 8 heteroatoms. The molecule has 2 aliphatic rings. The summed E-state index contributed by atoms with van der Waals surface area (Å²) in [5.74, 6) is -0.493. The van der Waals surface area contributed by atoms with Crippen LogP contribution in [-0.2, 0) is 20.7 Å². The van der Waals surface area contributed by atoms with Gasteiger partial charge in [-0.25, -0.2) is 0 Å². The first-order chi connectivity index (χ1) is 16.5. The van der Waals surface area contributed by atoms with Crippen molar-refractivity contribution < 1.29 is 24.2 Å². The standard InChI is InChI=1S/C26H31N3O5/c27-25-21(16-24(31)34-14-11-30)7-5-19-6-8-22(15-23(19)25)26(32)20-3-1-18(2-4-20)17-28-29-9-12-33-13-10-29/h1-4,6,8,15,17,21,25,30H,5,7,9-14,16,27H2. The summed E-state index contributed by atoms with van der Waals surface area (Å²) in [7, 11) is 0. The number of hydrazone groups is 1. The Bertz CT molecular complexity index is 1030. The number of ether oxygens (including phenoxy) is 2. The minimum Gasteiger partial charge on any atom is -0.463 e. The van der Waals surface area contributed by atoms with Crippen molar-refractivity contribution in [3.05, 3.63) is 70.3 Å². The molecular formula is C26H31N3O5. The van der Waals surface area contributed by atoms with Crippen molar-refractivity contribution in [1.29, 1.82) is 0 Å². The first-order valence-electron chi connectivity index (χ1n) is 11.7. The Balaban J connectivity index is 1.43. The average Bonchev–Trinajstić information content (AvgIpc) is 2.88. The highest BCUT2D eigenvalue weighted by Crippen LogP contribution is 2.35. The van der Waals surface area contributed by atoms with Gasteiger partial charge in [-0.3, -0.25) is 14.6 Å². The van der Waals surface area contributed by atoms with E-state index in [9.17, 15) is 9.59 Å². The van der Waals surface area contributed by atoms with Crippen LogP contribution in [-0.4, -0.2) is 67.6 Å². The molecule has 1 heterocycles. The quantitative estimate of drug-likeness (QED) is 0.348. The summed E-state index contributed by atoms with van der Waals surface area (Å²) in [6, 6.07) is 12.7. The molecular weight excluding hydrogens is 434 g/mol. The smallest absolute Gasteiger partial charge is 0.306 e. The number of nitrogens with two attached hydrogens (primary N) is 1. The third-order valence-corrected chi connectivity index (χ3v) is 6.37. The van der Waals surface area contributed by atoms with E-state index in [4.69, 9.17) is 20.3 Å². The predicted molar refractivity (Wildman–Crippen MR) is 128 cm³/mol. The van der Waals surface area contributed by atoms with E-state index in [1.807, 2.05) is 47.5 Å². The summed E-state index contributed by atoms with van der Waals surface area (Å²) >= 11 is 0. The molecule has 2 aromatic carbocycles. The number of aliphatic hydroxyl groups is 1. The van der Waals surface area contributed by atoms with E-state index in [1.54, 1.807) is 6.21 Å². The molecule has 1 aliphatic heterocycles. The second-order valence-electron chi connectivity index (χ2n) is 8.65. The Labute approximate surface area is 199 Å². The number of aryl methyl sites for hydroxylation is 1. The van der Waals surface area contributed by atoms with Crippen LogP contribution in [0.5, 0.6) is 0 Å². The molecule has 8 nitrogen and oxygen atoms in total. The van der Waals surface area contributed by atoms with Crippen LogP contribution in [0.25, 0.3) is 0 Å². The van der Waals surface area contributed by atoms with Crippen molar-refractivity contribution in [2.75, 3.05) is 39.5 Å². The van der Waals surface area contributed by atoms with Crippen molar-refractivity contribution in [3.8, 4) is 0 Å². The first kappa shape index (κ1) is 24.1. The van der Waals surface area contributed by atoms with Crippen LogP contribution in [0.15, 0.2) is 47.6 Å². The van der Waals surface area contributed by atoms with Gasteiger partial charge in [0.15, 0.2) is 5.78 Å². The maximum absolute atomic E-state index is 13.1. The van der Waals surface area contributed by atoms with Crippen LogP contribution >= 0.6 is 0 Å². The third kappa shape index (κ3) is 5.88. The molecule has 1 saturated heterocycles. The lowest BCUT2D eigenvalue weighted by Gasteiger charge is -2.31. The molecule has 1 aliphatic carbocycles. The number of rotatable bonds is 8. The fourth-order valence-corrected chi connectivity index (χ4v) is 4.41. The number of carbonyl (C=O) groups excluding carboxylic acids is 2. The number of morpholine rings is 1. The molecule has 0 spiro atoms. The molecule has 34 heavy (non-hydrogen) atoms. The maximum atomic E-state index is 13.1. The number of benzene rings is 2. The lowest BCUT2D eigenvalue weighted by Crippen LogP contribution is -2.32. The second kappa shape index (κ2) is 11.4. The fraction of sp³-hybridized carbons (Fsp3) is 0.423. The van der Waals surface area contributed by atoms with E-state index in [2.05, 4.69) is 5.10 Å². The zero-order chi connectivity index (χ0) is 23.9. The number of fused-ring (bicyclic) bond motifs is 1. The number of aliphatic hydroxyl groups excluding tert-OH is 1. The van der Waals surface area contributed by atoms with Gasteiger partial charge in [0, 0.05) is 17.2 Å². The normalized spacial score (nSPS) is 20.2. The maximum Gasteiger partial charge on any atom is 0.306 e. The van der Waals surface area contributed by atoms with E-state index in [0.717, 1.165) is 42.6 Å². The van der Waals surface area contributed by atoms with Crippen molar-refractivity contribution in [2.45, 2.75) is 25.3 Å². The summed E-state index contributed by atoms with van der Waals surface area (Å²) in [6.07, 6.45) is 3.57. The van der Waals surface area contributed by atoms with Gasteiger partial charge in [-0.2, -0.15) is 5.10 Å². The molecule has 180 valence electrons. The van der Waals surface area contributed by atoms with Gasteiger partial charge in [0.1, 0.15) is 6.61 Å².